The molecule has 2 rings (SSSR count). The zero-order chi connectivity index (χ0) is 11.5. The smallest absolute Gasteiger partial charge is 0.309 e. The largest absolute Gasteiger partial charge is 0.481 e. The van der Waals surface area contributed by atoms with Gasteiger partial charge in [0.2, 0.25) is 0 Å². The molecule has 1 N–H and O–H groups in total. The average molecular weight is 222 g/mol. The summed E-state index contributed by atoms with van der Waals surface area (Å²) < 4.78 is 1.74. The van der Waals surface area contributed by atoms with Crippen LogP contribution in [0.25, 0.3) is 0 Å². The molecule has 1 saturated carbocycles. The minimum atomic E-state index is -0.796. The van der Waals surface area contributed by atoms with Crippen molar-refractivity contribution in [2.24, 2.45) is 7.05 Å². The van der Waals surface area contributed by atoms with Crippen LogP contribution in [0.5, 0.6) is 0 Å². The van der Waals surface area contributed by atoms with Gasteiger partial charge in [-0.2, -0.15) is 5.10 Å². The molecule has 0 spiro atoms. The van der Waals surface area contributed by atoms with Crippen molar-refractivity contribution in [2.45, 2.75) is 44.4 Å². The maximum absolute atomic E-state index is 10.8. The molecule has 0 amide bonds. The third-order valence-electron chi connectivity index (χ3n) is 3.30. The predicted octanol–water partition coefficient (Wildman–Crippen LogP) is 2.09. The molecule has 0 aliphatic heterocycles. The van der Waals surface area contributed by atoms with Gasteiger partial charge in [0.25, 0.3) is 0 Å². The van der Waals surface area contributed by atoms with E-state index in [9.17, 15) is 4.79 Å². The fourth-order valence-electron chi connectivity index (χ4n) is 2.59. The third kappa shape index (κ3) is 2.43. The van der Waals surface area contributed by atoms with Gasteiger partial charge in [-0.05, 0) is 24.3 Å². The molecule has 0 aromatic carbocycles. The molecule has 88 valence electrons. The molecule has 1 aromatic heterocycles. The Morgan fingerprint density at radius 2 is 2.19 bits per heavy atom. The number of hydrogen-bond acceptors (Lipinski definition) is 2. The lowest BCUT2D eigenvalue weighted by Gasteiger charge is -2.21. The van der Waals surface area contributed by atoms with Crippen molar-refractivity contribution in [2.75, 3.05) is 0 Å². The maximum atomic E-state index is 10.8. The summed E-state index contributed by atoms with van der Waals surface area (Å²) in [5.41, 5.74) is 1.91. The summed E-state index contributed by atoms with van der Waals surface area (Å²) in [7, 11) is 1.86. The SMILES string of the molecule is Cn1cc(C2CCCCC2)c(CC(=O)O)n1. The van der Waals surface area contributed by atoms with Gasteiger partial charge in [-0.15, -0.1) is 0 Å². The van der Waals surface area contributed by atoms with Crippen LogP contribution in [0.1, 0.15) is 49.3 Å². The summed E-state index contributed by atoms with van der Waals surface area (Å²) in [5, 5.41) is 13.1. The molecule has 0 bridgehead atoms. The van der Waals surface area contributed by atoms with Crippen molar-refractivity contribution in [3.63, 3.8) is 0 Å². The van der Waals surface area contributed by atoms with Crippen LogP contribution in [0.3, 0.4) is 0 Å². The fourth-order valence-corrected chi connectivity index (χ4v) is 2.59. The van der Waals surface area contributed by atoms with E-state index in [-0.39, 0.29) is 6.42 Å². The molecule has 1 fully saturated rings. The first kappa shape index (κ1) is 11.2. The second kappa shape index (κ2) is 4.68. The summed E-state index contributed by atoms with van der Waals surface area (Å²) in [6.45, 7) is 0. The quantitative estimate of drug-likeness (QED) is 0.852. The summed E-state index contributed by atoms with van der Waals surface area (Å²) in [4.78, 5) is 10.8. The minimum Gasteiger partial charge on any atom is -0.481 e. The van der Waals surface area contributed by atoms with Gasteiger partial charge in [-0.1, -0.05) is 19.3 Å². The number of aryl methyl sites for hydroxylation is 1. The molecule has 1 aliphatic rings. The second-order valence-corrected chi connectivity index (χ2v) is 4.61. The Bertz CT molecular complexity index is 378. The molecule has 1 heterocycles. The first-order valence-corrected chi connectivity index (χ1v) is 5.91. The topological polar surface area (TPSA) is 55.1 Å². The number of carboxylic acid groups (broad SMARTS) is 1. The molecule has 0 atom stereocenters. The van der Waals surface area contributed by atoms with Gasteiger partial charge in [0.1, 0.15) is 0 Å². The highest BCUT2D eigenvalue weighted by molar-refractivity contribution is 5.70. The van der Waals surface area contributed by atoms with Gasteiger partial charge in [-0.3, -0.25) is 9.48 Å². The molecule has 0 saturated heterocycles. The molecule has 0 radical (unpaired) electrons. The molecular formula is C12H18N2O2. The standard InChI is InChI=1S/C12H18N2O2/c1-14-8-10(9-5-3-2-4-6-9)11(13-14)7-12(15)16/h8-9H,2-7H2,1H3,(H,15,16). The van der Waals surface area contributed by atoms with Gasteiger partial charge < -0.3 is 5.11 Å². The first-order chi connectivity index (χ1) is 7.66. The normalized spacial score (nSPS) is 17.6. The second-order valence-electron chi connectivity index (χ2n) is 4.61. The first-order valence-electron chi connectivity index (χ1n) is 5.91. The molecular weight excluding hydrogens is 204 g/mol. The van der Waals surface area contributed by atoms with Crippen molar-refractivity contribution in [1.82, 2.24) is 9.78 Å². The van der Waals surface area contributed by atoms with Crippen molar-refractivity contribution < 1.29 is 9.90 Å². The summed E-state index contributed by atoms with van der Waals surface area (Å²) >= 11 is 0. The van der Waals surface area contributed by atoms with Crippen molar-refractivity contribution >= 4 is 5.97 Å². The lowest BCUT2D eigenvalue weighted by atomic mass is 9.84. The van der Waals surface area contributed by atoms with Crippen molar-refractivity contribution in [3.05, 3.63) is 17.5 Å². The van der Waals surface area contributed by atoms with Gasteiger partial charge in [0, 0.05) is 13.2 Å². The number of nitrogens with zero attached hydrogens (tertiary/aromatic N) is 2. The Labute approximate surface area is 95.3 Å². The number of rotatable bonds is 3. The van der Waals surface area contributed by atoms with Crippen molar-refractivity contribution in [3.8, 4) is 0 Å². The molecule has 16 heavy (non-hydrogen) atoms. The lowest BCUT2D eigenvalue weighted by molar-refractivity contribution is -0.136. The van der Waals surface area contributed by atoms with Crippen LogP contribution in [0.4, 0.5) is 0 Å². The molecule has 0 unspecified atom stereocenters. The van der Waals surface area contributed by atoms with E-state index in [1.165, 1.54) is 32.1 Å². The monoisotopic (exact) mass is 222 g/mol. The van der Waals surface area contributed by atoms with Crippen LogP contribution in [-0.2, 0) is 18.3 Å². The third-order valence-corrected chi connectivity index (χ3v) is 3.30. The van der Waals surface area contributed by atoms with E-state index >= 15 is 0 Å². The summed E-state index contributed by atoms with van der Waals surface area (Å²) in [6, 6.07) is 0. The molecule has 4 nitrogen and oxygen atoms in total. The van der Waals surface area contributed by atoms with E-state index in [4.69, 9.17) is 5.11 Å². The Balaban J connectivity index is 2.20. The van der Waals surface area contributed by atoms with Crippen LogP contribution in [0, 0.1) is 0 Å². The van der Waals surface area contributed by atoms with E-state index in [0.29, 0.717) is 5.92 Å². The Morgan fingerprint density at radius 3 is 2.81 bits per heavy atom. The van der Waals surface area contributed by atoms with Gasteiger partial charge >= 0.3 is 5.97 Å². The number of carbonyl (C=O) groups is 1. The number of aromatic nitrogens is 2. The van der Waals surface area contributed by atoms with Gasteiger partial charge in [0.15, 0.2) is 0 Å². The zero-order valence-corrected chi connectivity index (χ0v) is 9.65. The highest BCUT2D eigenvalue weighted by Gasteiger charge is 2.21. The number of carboxylic acids is 1. The van der Waals surface area contributed by atoms with E-state index in [1.54, 1.807) is 4.68 Å². The lowest BCUT2D eigenvalue weighted by Crippen LogP contribution is -2.09. The van der Waals surface area contributed by atoms with E-state index in [2.05, 4.69) is 5.10 Å². The molecule has 1 aliphatic carbocycles. The Hall–Kier alpha value is -1.32. The highest BCUT2D eigenvalue weighted by atomic mass is 16.4. The van der Waals surface area contributed by atoms with Crippen molar-refractivity contribution in [1.29, 1.82) is 0 Å². The number of aliphatic carboxylic acids is 1. The number of hydrogen-bond donors (Lipinski definition) is 1. The predicted molar refractivity (Wildman–Crippen MR) is 60.4 cm³/mol. The van der Waals surface area contributed by atoms with E-state index < -0.39 is 5.97 Å². The minimum absolute atomic E-state index is 0.0483. The van der Waals surface area contributed by atoms with Crippen LogP contribution in [0.15, 0.2) is 6.20 Å². The van der Waals surface area contributed by atoms with Crippen LogP contribution >= 0.6 is 0 Å². The highest BCUT2D eigenvalue weighted by Crippen LogP contribution is 2.34. The zero-order valence-electron chi connectivity index (χ0n) is 9.65. The summed E-state index contributed by atoms with van der Waals surface area (Å²) in [6.07, 6.45) is 8.22. The molecule has 4 heteroatoms. The van der Waals surface area contributed by atoms with Crippen LogP contribution in [-0.4, -0.2) is 20.9 Å². The van der Waals surface area contributed by atoms with Crippen LogP contribution < -0.4 is 0 Å². The Morgan fingerprint density at radius 1 is 1.50 bits per heavy atom. The van der Waals surface area contributed by atoms with E-state index in [1.807, 2.05) is 13.2 Å². The Kier molecular flexibility index (Phi) is 3.27. The average Bonchev–Trinajstić information content (AvgIpc) is 2.60. The van der Waals surface area contributed by atoms with E-state index in [0.717, 1.165) is 11.3 Å². The fraction of sp³-hybridized carbons (Fsp3) is 0.667. The maximum Gasteiger partial charge on any atom is 0.309 e. The van der Waals surface area contributed by atoms with Crippen LogP contribution in [0.2, 0.25) is 0 Å². The van der Waals surface area contributed by atoms with Gasteiger partial charge in [-0.25, -0.2) is 0 Å². The molecule has 1 aromatic rings. The van der Waals surface area contributed by atoms with Gasteiger partial charge in [0.05, 0.1) is 12.1 Å². The summed E-state index contributed by atoms with van der Waals surface area (Å²) in [5.74, 6) is -0.271.